The molecule has 56 valence electrons. The monoisotopic (exact) mass is 147 g/mol. The Hall–Kier alpha value is -1.30. The fourth-order valence-corrected chi connectivity index (χ4v) is 1.43. The lowest BCUT2D eigenvalue weighted by Gasteiger charge is -2.11. The Morgan fingerprint density at radius 1 is 1.45 bits per heavy atom. The van der Waals surface area contributed by atoms with Gasteiger partial charge < -0.3 is 0 Å². The first-order valence-corrected chi connectivity index (χ1v) is 3.81. The third-order valence-corrected chi connectivity index (χ3v) is 2.01. The molecule has 3 nitrogen and oxygen atoms in total. The van der Waals surface area contributed by atoms with Gasteiger partial charge in [0.1, 0.15) is 0 Å². The molecule has 0 saturated carbocycles. The number of fused-ring (bicyclic) bond motifs is 1. The third kappa shape index (κ3) is 0.911. The van der Waals surface area contributed by atoms with Crippen LogP contribution in [0.4, 0.5) is 0 Å². The Morgan fingerprint density at radius 3 is 3.18 bits per heavy atom. The first-order chi connectivity index (χ1) is 5.42. The predicted octanol–water partition coefficient (Wildman–Crippen LogP) is 0.596. The molecular formula is C8H9N3. The Bertz CT molecular complexity index is 306. The van der Waals surface area contributed by atoms with Gasteiger partial charge in [-0.2, -0.15) is 0 Å². The van der Waals surface area contributed by atoms with E-state index in [1.165, 1.54) is 12.8 Å². The van der Waals surface area contributed by atoms with Gasteiger partial charge in [-0.25, -0.2) is 4.68 Å². The van der Waals surface area contributed by atoms with Crippen molar-refractivity contribution in [2.45, 2.75) is 25.8 Å². The summed E-state index contributed by atoms with van der Waals surface area (Å²) in [6.45, 7) is 0.976. The lowest BCUT2D eigenvalue weighted by atomic mass is 10.1. The number of hydrogen-bond donors (Lipinski definition) is 0. The second kappa shape index (κ2) is 2.39. The van der Waals surface area contributed by atoms with Crippen LogP contribution in [0.1, 0.15) is 24.2 Å². The molecule has 0 saturated heterocycles. The molecule has 0 spiro atoms. The molecule has 0 fully saturated rings. The van der Waals surface area contributed by atoms with E-state index >= 15 is 0 Å². The topological polar surface area (TPSA) is 30.7 Å². The molecule has 0 radical (unpaired) electrons. The first-order valence-electron chi connectivity index (χ1n) is 3.81. The molecule has 2 rings (SSSR count). The van der Waals surface area contributed by atoms with Gasteiger partial charge in [0.25, 0.3) is 0 Å². The van der Waals surface area contributed by atoms with Crippen LogP contribution >= 0.6 is 0 Å². The van der Waals surface area contributed by atoms with Crippen LogP contribution in [0.2, 0.25) is 0 Å². The van der Waals surface area contributed by atoms with Crippen molar-refractivity contribution in [2.24, 2.45) is 0 Å². The highest BCUT2D eigenvalue weighted by molar-refractivity contribution is 5.28. The summed E-state index contributed by atoms with van der Waals surface area (Å²) in [6, 6.07) is 0. The fraction of sp³-hybridized carbons (Fsp3) is 0.500. The van der Waals surface area contributed by atoms with E-state index < -0.39 is 0 Å². The molecule has 0 aromatic carbocycles. The van der Waals surface area contributed by atoms with Crippen molar-refractivity contribution in [1.82, 2.24) is 15.0 Å². The van der Waals surface area contributed by atoms with Crippen LogP contribution in [0.3, 0.4) is 0 Å². The predicted molar refractivity (Wildman–Crippen MR) is 40.9 cm³/mol. The van der Waals surface area contributed by atoms with Crippen LogP contribution in [0.5, 0.6) is 0 Å². The van der Waals surface area contributed by atoms with E-state index in [0.717, 1.165) is 24.4 Å². The minimum absolute atomic E-state index is 0.727. The minimum atomic E-state index is 0.727. The number of aromatic nitrogens is 3. The van der Waals surface area contributed by atoms with Crippen LogP contribution in [-0.4, -0.2) is 15.0 Å². The van der Waals surface area contributed by atoms with Crippen LogP contribution in [0.15, 0.2) is 0 Å². The smallest absolute Gasteiger partial charge is 0.158 e. The van der Waals surface area contributed by atoms with Gasteiger partial charge in [0, 0.05) is 6.54 Å². The second-order valence-corrected chi connectivity index (χ2v) is 2.71. The molecule has 1 aromatic rings. The van der Waals surface area contributed by atoms with Crippen molar-refractivity contribution >= 4 is 0 Å². The molecule has 0 bridgehead atoms. The van der Waals surface area contributed by atoms with E-state index in [1.807, 2.05) is 4.68 Å². The van der Waals surface area contributed by atoms with Crippen LogP contribution in [-0.2, 0) is 13.0 Å². The summed E-state index contributed by atoms with van der Waals surface area (Å²) >= 11 is 0. The van der Waals surface area contributed by atoms with E-state index in [4.69, 9.17) is 6.42 Å². The molecular weight excluding hydrogens is 138 g/mol. The zero-order chi connectivity index (χ0) is 7.68. The highest BCUT2D eigenvalue weighted by Crippen LogP contribution is 2.14. The van der Waals surface area contributed by atoms with Crippen molar-refractivity contribution in [1.29, 1.82) is 0 Å². The summed E-state index contributed by atoms with van der Waals surface area (Å²) in [7, 11) is 0. The number of hydrogen-bond acceptors (Lipinski definition) is 2. The first kappa shape index (κ1) is 6.41. The van der Waals surface area contributed by atoms with Crippen molar-refractivity contribution < 1.29 is 0 Å². The molecule has 11 heavy (non-hydrogen) atoms. The summed E-state index contributed by atoms with van der Waals surface area (Å²) < 4.78 is 1.92. The molecule has 0 amide bonds. The summed E-state index contributed by atoms with van der Waals surface area (Å²) in [4.78, 5) is 0. The maximum absolute atomic E-state index is 5.25. The molecule has 1 aliphatic heterocycles. The lowest BCUT2D eigenvalue weighted by molar-refractivity contribution is 0.476. The SMILES string of the molecule is C#Cc1nnn2c1CCCC2. The van der Waals surface area contributed by atoms with Gasteiger partial charge >= 0.3 is 0 Å². The molecule has 0 atom stereocenters. The van der Waals surface area contributed by atoms with E-state index in [2.05, 4.69) is 16.2 Å². The summed E-state index contributed by atoms with van der Waals surface area (Å²) in [5.41, 5.74) is 1.86. The van der Waals surface area contributed by atoms with Crippen LogP contribution < -0.4 is 0 Å². The maximum Gasteiger partial charge on any atom is 0.158 e. The second-order valence-electron chi connectivity index (χ2n) is 2.71. The van der Waals surface area contributed by atoms with Crippen molar-refractivity contribution in [2.75, 3.05) is 0 Å². The number of terminal acetylenes is 1. The van der Waals surface area contributed by atoms with Gasteiger partial charge in [0.2, 0.25) is 0 Å². The Kier molecular flexibility index (Phi) is 1.39. The lowest BCUT2D eigenvalue weighted by Crippen LogP contribution is -2.11. The molecule has 0 unspecified atom stereocenters. The van der Waals surface area contributed by atoms with E-state index in [0.29, 0.717) is 0 Å². The number of aryl methyl sites for hydroxylation is 1. The average molecular weight is 147 g/mol. The Labute approximate surface area is 65.4 Å². The Morgan fingerprint density at radius 2 is 2.36 bits per heavy atom. The van der Waals surface area contributed by atoms with Gasteiger partial charge in [0.15, 0.2) is 5.69 Å². The molecule has 2 heterocycles. The molecule has 0 N–H and O–H groups in total. The van der Waals surface area contributed by atoms with E-state index in [1.54, 1.807) is 0 Å². The largest absolute Gasteiger partial charge is 0.248 e. The molecule has 0 aliphatic carbocycles. The fourth-order valence-electron chi connectivity index (χ4n) is 1.43. The number of nitrogens with zero attached hydrogens (tertiary/aromatic N) is 3. The van der Waals surface area contributed by atoms with Gasteiger partial charge in [-0.3, -0.25) is 0 Å². The normalized spacial score (nSPS) is 15.5. The van der Waals surface area contributed by atoms with Gasteiger partial charge in [-0.1, -0.05) is 5.21 Å². The van der Waals surface area contributed by atoms with Crippen molar-refractivity contribution in [3.63, 3.8) is 0 Å². The summed E-state index contributed by atoms with van der Waals surface area (Å²) in [5.74, 6) is 2.54. The number of rotatable bonds is 0. The van der Waals surface area contributed by atoms with Crippen molar-refractivity contribution in [3.05, 3.63) is 11.4 Å². The van der Waals surface area contributed by atoms with Gasteiger partial charge in [-0.05, 0) is 25.2 Å². The van der Waals surface area contributed by atoms with Gasteiger partial charge in [-0.15, -0.1) is 11.5 Å². The maximum atomic E-state index is 5.25. The van der Waals surface area contributed by atoms with E-state index in [-0.39, 0.29) is 0 Å². The van der Waals surface area contributed by atoms with Crippen molar-refractivity contribution in [3.8, 4) is 12.3 Å². The van der Waals surface area contributed by atoms with Crippen LogP contribution in [0.25, 0.3) is 0 Å². The van der Waals surface area contributed by atoms with Crippen LogP contribution in [0, 0.1) is 12.3 Å². The minimum Gasteiger partial charge on any atom is -0.248 e. The standard InChI is InChI=1S/C8H9N3/c1-2-7-8-5-3-4-6-11(8)10-9-7/h1H,3-6H2. The van der Waals surface area contributed by atoms with Gasteiger partial charge in [0.05, 0.1) is 5.69 Å². The average Bonchev–Trinajstić information content (AvgIpc) is 2.47. The quantitative estimate of drug-likeness (QED) is 0.503. The highest BCUT2D eigenvalue weighted by atomic mass is 15.4. The Balaban J connectivity index is 2.48. The summed E-state index contributed by atoms with van der Waals surface area (Å²) in [5, 5.41) is 7.84. The molecule has 1 aromatic heterocycles. The highest BCUT2D eigenvalue weighted by Gasteiger charge is 2.13. The third-order valence-electron chi connectivity index (χ3n) is 2.01. The molecule has 1 aliphatic rings. The van der Waals surface area contributed by atoms with E-state index in [9.17, 15) is 0 Å². The molecule has 3 heteroatoms. The summed E-state index contributed by atoms with van der Waals surface area (Å²) in [6.07, 6.45) is 8.69. The zero-order valence-corrected chi connectivity index (χ0v) is 6.25. The zero-order valence-electron chi connectivity index (χ0n) is 6.25.